The lowest BCUT2D eigenvalue weighted by Crippen LogP contribution is -2.61. The molecule has 0 unspecified atom stereocenters. The molecule has 0 atom stereocenters. The largest absolute Gasteiger partial charge is 0.388 e. The minimum atomic E-state index is -0.637. The lowest BCUT2D eigenvalue weighted by Gasteiger charge is -2.43. The highest BCUT2D eigenvalue weighted by atomic mass is 16.3. The van der Waals surface area contributed by atoms with Crippen molar-refractivity contribution in [2.75, 3.05) is 25.0 Å². The molecule has 1 aliphatic rings. The SMILES string of the molecule is Cc1n[nH]c(C)c1NC(=O)CN1CC(C)(O)C1. The van der Waals surface area contributed by atoms with Crippen LogP contribution < -0.4 is 5.32 Å². The Balaban J connectivity index is 1.86. The first kappa shape index (κ1) is 12.1. The monoisotopic (exact) mass is 238 g/mol. The van der Waals surface area contributed by atoms with Gasteiger partial charge in [0.05, 0.1) is 29.2 Å². The first-order valence-electron chi connectivity index (χ1n) is 5.63. The van der Waals surface area contributed by atoms with Crippen molar-refractivity contribution in [3.05, 3.63) is 11.4 Å². The van der Waals surface area contributed by atoms with Crippen LogP contribution in [0.5, 0.6) is 0 Å². The van der Waals surface area contributed by atoms with Gasteiger partial charge >= 0.3 is 0 Å². The number of nitrogens with one attached hydrogen (secondary N) is 2. The molecule has 2 rings (SSSR count). The minimum Gasteiger partial charge on any atom is -0.388 e. The van der Waals surface area contributed by atoms with Crippen LogP contribution in [0.25, 0.3) is 0 Å². The summed E-state index contributed by atoms with van der Waals surface area (Å²) in [6.07, 6.45) is 0. The standard InChI is InChI=1S/C11H18N4O2/c1-7-10(8(2)14-13-7)12-9(16)4-15-5-11(3,17)6-15/h17H,4-6H2,1-3H3,(H,12,16)(H,13,14). The third kappa shape index (κ3) is 2.65. The van der Waals surface area contributed by atoms with E-state index >= 15 is 0 Å². The molecule has 0 aromatic carbocycles. The van der Waals surface area contributed by atoms with Crippen LogP contribution in [-0.2, 0) is 4.79 Å². The molecule has 6 heteroatoms. The third-order valence-corrected chi connectivity index (χ3v) is 2.89. The number of nitrogens with zero attached hydrogens (tertiary/aromatic N) is 2. The smallest absolute Gasteiger partial charge is 0.238 e. The summed E-state index contributed by atoms with van der Waals surface area (Å²) in [5, 5.41) is 19.2. The Morgan fingerprint density at radius 3 is 2.71 bits per heavy atom. The van der Waals surface area contributed by atoms with E-state index in [1.165, 1.54) is 0 Å². The van der Waals surface area contributed by atoms with Gasteiger partial charge in [-0.25, -0.2) is 0 Å². The number of β-amino-alcohol motifs (C(OH)–C–C–N with tert-alkyl or cyclic N) is 1. The zero-order valence-electron chi connectivity index (χ0n) is 10.4. The lowest BCUT2D eigenvalue weighted by molar-refractivity contribution is -0.125. The summed E-state index contributed by atoms with van der Waals surface area (Å²) >= 11 is 0. The summed E-state index contributed by atoms with van der Waals surface area (Å²) in [6, 6.07) is 0. The normalized spacial score (nSPS) is 18.8. The van der Waals surface area contributed by atoms with Crippen molar-refractivity contribution >= 4 is 11.6 Å². The Morgan fingerprint density at radius 2 is 2.24 bits per heavy atom. The molecule has 1 aromatic heterocycles. The molecule has 3 N–H and O–H groups in total. The van der Waals surface area contributed by atoms with Crippen LogP contribution in [0.1, 0.15) is 18.3 Å². The number of hydrogen-bond donors (Lipinski definition) is 3. The van der Waals surface area contributed by atoms with Gasteiger partial charge in [-0.15, -0.1) is 0 Å². The number of aromatic amines is 1. The summed E-state index contributed by atoms with van der Waals surface area (Å²) in [6.45, 7) is 6.87. The second kappa shape index (κ2) is 4.12. The maximum atomic E-state index is 11.8. The molecule has 1 aliphatic heterocycles. The fourth-order valence-corrected chi connectivity index (χ4v) is 2.15. The van der Waals surface area contributed by atoms with E-state index in [0.29, 0.717) is 19.6 Å². The Morgan fingerprint density at radius 1 is 1.59 bits per heavy atom. The highest BCUT2D eigenvalue weighted by Crippen LogP contribution is 2.20. The highest BCUT2D eigenvalue weighted by Gasteiger charge is 2.37. The Labute approximate surface area is 100 Å². The fraction of sp³-hybridized carbons (Fsp3) is 0.636. The Hall–Kier alpha value is -1.40. The van der Waals surface area contributed by atoms with E-state index < -0.39 is 5.60 Å². The van der Waals surface area contributed by atoms with E-state index in [-0.39, 0.29) is 5.91 Å². The average molecular weight is 238 g/mol. The van der Waals surface area contributed by atoms with E-state index in [4.69, 9.17) is 0 Å². The zero-order chi connectivity index (χ0) is 12.6. The van der Waals surface area contributed by atoms with Crippen LogP contribution in [0.3, 0.4) is 0 Å². The summed E-state index contributed by atoms with van der Waals surface area (Å²) in [5.41, 5.74) is 1.75. The van der Waals surface area contributed by atoms with Crippen LogP contribution >= 0.6 is 0 Å². The molecule has 0 aliphatic carbocycles. The Bertz CT molecular complexity index is 411. The van der Waals surface area contributed by atoms with E-state index in [0.717, 1.165) is 17.1 Å². The molecule has 2 heterocycles. The predicted molar refractivity (Wildman–Crippen MR) is 63.8 cm³/mol. The maximum absolute atomic E-state index is 11.8. The van der Waals surface area contributed by atoms with Crippen LogP contribution in [0.2, 0.25) is 0 Å². The molecule has 1 aromatic rings. The van der Waals surface area contributed by atoms with Crippen molar-refractivity contribution in [2.24, 2.45) is 0 Å². The molecule has 0 spiro atoms. The van der Waals surface area contributed by atoms with Crippen LogP contribution in [0.4, 0.5) is 5.69 Å². The number of aromatic nitrogens is 2. The molecule has 94 valence electrons. The van der Waals surface area contributed by atoms with Gasteiger partial charge in [0.2, 0.25) is 5.91 Å². The van der Waals surface area contributed by atoms with Gasteiger partial charge in [-0.3, -0.25) is 14.8 Å². The number of carbonyl (C=O) groups excluding carboxylic acids is 1. The van der Waals surface area contributed by atoms with Crippen molar-refractivity contribution < 1.29 is 9.90 Å². The molecule has 1 saturated heterocycles. The third-order valence-electron chi connectivity index (χ3n) is 2.89. The number of amides is 1. The van der Waals surface area contributed by atoms with Gasteiger partial charge in [-0.05, 0) is 20.8 Å². The maximum Gasteiger partial charge on any atom is 0.238 e. The van der Waals surface area contributed by atoms with E-state index in [1.807, 2.05) is 18.7 Å². The van der Waals surface area contributed by atoms with Crippen LogP contribution in [0, 0.1) is 13.8 Å². The first-order chi connectivity index (χ1) is 7.87. The highest BCUT2D eigenvalue weighted by molar-refractivity contribution is 5.93. The lowest BCUT2D eigenvalue weighted by atomic mass is 9.97. The van der Waals surface area contributed by atoms with Gasteiger partial charge in [-0.1, -0.05) is 0 Å². The number of rotatable bonds is 3. The fourth-order valence-electron chi connectivity index (χ4n) is 2.15. The van der Waals surface area contributed by atoms with Gasteiger partial charge in [0.1, 0.15) is 0 Å². The second-order valence-electron chi connectivity index (χ2n) is 5.00. The van der Waals surface area contributed by atoms with Gasteiger partial charge < -0.3 is 10.4 Å². The molecule has 1 fully saturated rings. The van der Waals surface area contributed by atoms with E-state index in [2.05, 4.69) is 15.5 Å². The number of aryl methyl sites for hydroxylation is 2. The van der Waals surface area contributed by atoms with Crippen LogP contribution in [0.15, 0.2) is 0 Å². The van der Waals surface area contributed by atoms with Crippen LogP contribution in [-0.4, -0.2) is 51.3 Å². The molecule has 0 radical (unpaired) electrons. The summed E-state index contributed by atoms with van der Waals surface area (Å²) < 4.78 is 0. The van der Waals surface area contributed by atoms with E-state index in [1.54, 1.807) is 6.92 Å². The van der Waals surface area contributed by atoms with Gasteiger partial charge in [-0.2, -0.15) is 5.10 Å². The van der Waals surface area contributed by atoms with Gasteiger partial charge in [0.15, 0.2) is 0 Å². The first-order valence-corrected chi connectivity index (χ1v) is 5.63. The minimum absolute atomic E-state index is 0.0758. The van der Waals surface area contributed by atoms with Crippen molar-refractivity contribution in [2.45, 2.75) is 26.4 Å². The number of hydrogen-bond acceptors (Lipinski definition) is 4. The summed E-state index contributed by atoms with van der Waals surface area (Å²) in [5.74, 6) is -0.0758. The summed E-state index contributed by atoms with van der Waals surface area (Å²) in [7, 11) is 0. The topological polar surface area (TPSA) is 81.2 Å². The van der Waals surface area contributed by atoms with Crippen molar-refractivity contribution in [1.29, 1.82) is 0 Å². The number of H-pyrrole nitrogens is 1. The average Bonchev–Trinajstić information content (AvgIpc) is 2.46. The predicted octanol–water partition coefficient (Wildman–Crippen LogP) is 0.0316. The zero-order valence-corrected chi connectivity index (χ0v) is 10.4. The molecular formula is C11H18N4O2. The second-order valence-corrected chi connectivity index (χ2v) is 5.00. The molecule has 17 heavy (non-hydrogen) atoms. The van der Waals surface area contributed by atoms with Gasteiger partial charge in [0.25, 0.3) is 0 Å². The van der Waals surface area contributed by atoms with E-state index in [9.17, 15) is 9.90 Å². The quantitative estimate of drug-likeness (QED) is 0.694. The molecule has 0 saturated carbocycles. The molecule has 0 bridgehead atoms. The molecule has 1 amide bonds. The van der Waals surface area contributed by atoms with Crippen molar-refractivity contribution in [3.8, 4) is 0 Å². The number of aliphatic hydroxyl groups is 1. The van der Waals surface area contributed by atoms with Gasteiger partial charge in [0, 0.05) is 13.1 Å². The van der Waals surface area contributed by atoms with Crippen molar-refractivity contribution in [1.82, 2.24) is 15.1 Å². The number of likely N-dealkylation sites (tertiary alicyclic amines) is 1. The number of carbonyl (C=O) groups is 1. The Kier molecular flexibility index (Phi) is 2.92. The molecular weight excluding hydrogens is 220 g/mol. The van der Waals surface area contributed by atoms with Crippen molar-refractivity contribution in [3.63, 3.8) is 0 Å². The number of anilines is 1. The summed E-state index contributed by atoms with van der Waals surface area (Å²) in [4.78, 5) is 13.7. The molecule has 6 nitrogen and oxygen atoms in total.